The van der Waals surface area contributed by atoms with Gasteiger partial charge in [-0.1, -0.05) is 6.07 Å². The van der Waals surface area contributed by atoms with Crippen LogP contribution in [0.1, 0.15) is 17.2 Å². The van der Waals surface area contributed by atoms with Gasteiger partial charge in [-0.15, -0.1) is 0 Å². The van der Waals surface area contributed by atoms with Gasteiger partial charge in [-0.05, 0) is 24.7 Å². The summed E-state index contributed by atoms with van der Waals surface area (Å²) in [6.07, 6.45) is 0.0614. The maximum atomic E-state index is 9.06. The number of piperazine rings is 1. The number of morpholine rings is 1. The molecule has 2 atom stereocenters. The third kappa shape index (κ3) is 2.88. The van der Waals surface area contributed by atoms with E-state index >= 15 is 0 Å². The molecule has 2 unspecified atom stereocenters. The Kier molecular flexibility index (Phi) is 4.11. The van der Waals surface area contributed by atoms with Crippen LogP contribution in [-0.2, 0) is 4.74 Å². The third-order valence-corrected chi connectivity index (χ3v) is 4.42. The summed E-state index contributed by atoms with van der Waals surface area (Å²) >= 11 is 0. The van der Waals surface area contributed by atoms with Gasteiger partial charge in [0, 0.05) is 32.2 Å². The topological polar surface area (TPSA) is 48.7 Å². The first-order chi connectivity index (χ1) is 10.2. The van der Waals surface area contributed by atoms with Gasteiger partial charge in [-0.25, -0.2) is 0 Å². The zero-order chi connectivity index (χ0) is 14.8. The van der Waals surface area contributed by atoms with E-state index in [4.69, 9.17) is 14.7 Å². The van der Waals surface area contributed by atoms with Crippen molar-refractivity contribution >= 4 is 0 Å². The molecule has 0 amide bonds. The van der Waals surface area contributed by atoms with Crippen molar-refractivity contribution in [3.8, 4) is 11.8 Å². The lowest BCUT2D eigenvalue weighted by atomic mass is 10.0. The lowest BCUT2D eigenvalue weighted by Crippen LogP contribution is -2.57. The van der Waals surface area contributed by atoms with E-state index < -0.39 is 0 Å². The standard InChI is InChI=1S/C16H21N3O2/c1-18-5-6-19-10-16(21-11-14(19)9-18)12-3-4-13(8-17)15(7-12)20-2/h3-4,7,14,16H,5-6,9-11H2,1-2H3. The van der Waals surface area contributed by atoms with Crippen molar-refractivity contribution in [3.05, 3.63) is 29.3 Å². The Morgan fingerprint density at radius 3 is 2.95 bits per heavy atom. The number of hydrogen-bond donors (Lipinski definition) is 0. The fourth-order valence-electron chi connectivity index (χ4n) is 3.14. The minimum atomic E-state index is 0.0614. The van der Waals surface area contributed by atoms with Gasteiger partial charge in [0.05, 0.1) is 25.4 Å². The molecule has 112 valence electrons. The molecule has 5 heteroatoms. The van der Waals surface area contributed by atoms with Gasteiger partial charge in [0.15, 0.2) is 0 Å². The monoisotopic (exact) mass is 287 g/mol. The van der Waals surface area contributed by atoms with Gasteiger partial charge >= 0.3 is 0 Å². The first-order valence-corrected chi connectivity index (χ1v) is 7.33. The molecule has 2 heterocycles. The van der Waals surface area contributed by atoms with Crippen molar-refractivity contribution in [3.63, 3.8) is 0 Å². The minimum absolute atomic E-state index is 0.0614. The van der Waals surface area contributed by atoms with Gasteiger partial charge in [0.2, 0.25) is 0 Å². The predicted octanol–water partition coefficient (Wildman–Crippen LogP) is 1.25. The van der Waals surface area contributed by atoms with Gasteiger partial charge < -0.3 is 14.4 Å². The molecule has 0 saturated carbocycles. The molecular formula is C16H21N3O2. The molecule has 0 radical (unpaired) electrons. The maximum Gasteiger partial charge on any atom is 0.136 e. The molecular weight excluding hydrogens is 266 g/mol. The molecule has 2 saturated heterocycles. The molecule has 2 aliphatic rings. The summed E-state index contributed by atoms with van der Waals surface area (Å²) < 4.78 is 11.3. The highest BCUT2D eigenvalue weighted by Gasteiger charge is 2.33. The van der Waals surface area contributed by atoms with Gasteiger partial charge in [-0.2, -0.15) is 5.26 Å². The third-order valence-electron chi connectivity index (χ3n) is 4.42. The molecule has 0 aromatic heterocycles. The second-order valence-corrected chi connectivity index (χ2v) is 5.80. The second kappa shape index (κ2) is 6.02. The van der Waals surface area contributed by atoms with Crippen LogP contribution in [0.15, 0.2) is 18.2 Å². The molecule has 0 spiro atoms. The number of fused-ring (bicyclic) bond motifs is 1. The van der Waals surface area contributed by atoms with E-state index in [1.165, 1.54) is 0 Å². The van der Waals surface area contributed by atoms with Crippen molar-refractivity contribution in [2.24, 2.45) is 0 Å². The zero-order valence-electron chi connectivity index (χ0n) is 12.6. The van der Waals surface area contributed by atoms with Crippen LogP contribution in [0.3, 0.4) is 0 Å². The van der Waals surface area contributed by atoms with E-state index in [0.717, 1.165) is 38.3 Å². The Bertz CT molecular complexity index is 555. The van der Waals surface area contributed by atoms with Crippen LogP contribution >= 0.6 is 0 Å². The summed E-state index contributed by atoms with van der Waals surface area (Å²) in [6.45, 7) is 4.95. The number of nitriles is 1. The van der Waals surface area contributed by atoms with E-state index in [9.17, 15) is 0 Å². The van der Waals surface area contributed by atoms with Crippen LogP contribution < -0.4 is 4.74 Å². The summed E-state index contributed by atoms with van der Waals surface area (Å²) in [5.74, 6) is 0.624. The summed E-state index contributed by atoms with van der Waals surface area (Å²) in [4.78, 5) is 4.87. The Morgan fingerprint density at radius 2 is 2.19 bits per heavy atom. The van der Waals surface area contributed by atoms with Crippen LogP contribution in [0.4, 0.5) is 0 Å². The van der Waals surface area contributed by atoms with Crippen LogP contribution in [0.25, 0.3) is 0 Å². The predicted molar refractivity (Wildman–Crippen MR) is 79.3 cm³/mol. The molecule has 21 heavy (non-hydrogen) atoms. The number of benzene rings is 1. The first kappa shape index (κ1) is 14.3. The first-order valence-electron chi connectivity index (χ1n) is 7.33. The average molecular weight is 287 g/mol. The van der Waals surface area contributed by atoms with Gasteiger partial charge in [-0.3, -0.25) is 4.90 Å². The van der Waals surface area contributed by atoms with E-state index in [-0.39, 0.29) is 6.10 Å². The number of rotatable bonds is 2. The molecule has 3 rings (SSSR count). The van der Waals surface area contributed by atoms with Crippen LogP contribution in [0.2, 0.25) is 0 Å². The van der Waals surface area contributed by atoms with Crippen molar-refractivity contribution < 1.29 is 9.47 Å². The second-order valence-electron chi connectivity index (χ2n) is 5.80. The van der Waals surface area contributed by atoms with Gasteiger partial charge in [0.25, 0.3) is 0 Å². The normalized spacial score (nSPS) is 26.9. The molecule has 0 N–H and O–H groups in total. The van der Waals surface area contributed by atoms with Crippen molar-refractivity contribution in [2.45, 2.75) is 12.1 Å². The lowest BCUT2D eigenvalue weighted by molar-refractivity contribution is -0.0873. The largest absolute Gasteiger partial charge is 0.495 e. The molecule has 5 nitrogen and oxygen atoms in total. The highest BCUT2D eigenvalue weighted by molar-refractivity contribution is 5.45. The summed E-state index contributed by atoms with van der Waals surface area (Å²) in [5, 5.41) is 9.06. The lowest BCUT2D eigenvalue weighted by Gasteiger charge is -2.45. The highest BCUT2D eigenvalue weighted by atomic mass is 16.5. The van der Waals surface area contributed by atoms with E-state index in [2.05, 4.69) is 22.9 Å². The fourth-order valence-corrected chi connectivity index (χ4v) is 3.14. The Balaban J connectivity index is 1.75. The van der Waals surface area contributed by atoms with Crippen molar-refractivity contribution in [2.75, 3.05) is 46.9 Å². The number of ether oxygens (including phenoxy) is 2. The Hall–Kier alpha value is -1.61. The minimum Gasteiger partial charge on any atom is -0.495 e. The van der Waals surface area contributed by atoms with Crippen LogP contribution in [-0.4, -0.2) is 62.8 Å². The Morgan fingerprint density at radius 1 is 1.33 bits per heavy atom. The quantitative estimate of drug-likeness (QED) is 0.819. The molecule has 2 aliphatic heterocycles. The van der Waals surface area contributed by atoms with Crippen LogP contribution in [0, 0.1) is 11.3 Å². The van der Waals surface area contributed by atoms with Gasteiger partial charge in [0.1, 0.15) is 11.8 Å². The van der Waals surface area contributed by atoms with Crippen LogP contribution in [0.5, 0.6) is 5.75 Å². The fraction of sp³-hybridized carbons (Fsp3) is 0.562. The molecule has 0 aliphatic carbocycles. The Labute approximate surface area is 125 Å². The summed E-state index contributed by atoms with van der Waals surface area (Å²) in [7, 11) is 3.76. The van der Waals surface area contributed by atoms with Crippen molar-refractivity contribution in [1.29, 1.82) is 5.26 Å². The van der Waals surface area contributed by atoms with E-state index in [1.54, 1.807) is 7.11 Å². The average Bonchev–Trinajstić information content (AvgIpc) is 2.53. The molecule has 1 aromatic rings. The van der Waals surface area contributed by atoms with Crippen molar-refractivity contribution in [1.82, 2.24) is 9.80 Å². The molecule has 0 bridgehead atoms. The summed E-state index contributed by atoms with van der Waals surface area (Å²) in [5.41, 5.74) is 1.65. The zero-order valence-corrected chi connectivity index (χ0v) is 12.6. The molecule has 1 aromatic carbocycles. The van der Waals surface area contributed by atoms with E-state index in [0.29, 0.717) is 17.4 Å². The number of likely N-dealkylation sites (N-methyl/N-ethyl adjacent to an activating group) is 1. The number of methoxy groups -OCH3 is 1. The number of hydrogen-bond acceptors (Lipinski definition) is 5. The smallest absolute Gasteiger partial charge is 0.136 e. The summed E-state index contributed by atoms with van der Waals surface area (Å²) in [6, 6.07) is 8.36. The maximum absolute atomic E-state index is 9.06. The number of nitrogens with zero attached hydrogens (tertiary/aromatic N) is 3. The SMILES string of the molecule is COc1cc(C2CN3CCN(C)CC3CO2)ccc1C#N. The highest BCUT2D eigenvalue weighted by Crippen LogP contribution is 2.30. The molecule has 2 fully saturated rings. The van der Waals surface area contributed by atoms with E-state index in [1.807, 2.05) is 18.2 Å².